The molecule has 2 aromatic rings. The monoisotopic (exact) mass is 297 g/mol. The van der Waals surface area contributed by atoms with Crippen LogP contribution in [0.1, 0.15) is 11.1 Å². The van der Waals surface area contributed by atoms with E-state index >= 15 is 0 Å². The number of aromatic nitrogens is 2. The molecule has 0 unspecified atom stereocenters. The molecule has 1 aromatic carbocycles. The van der Waals surface area contributed by atoms with Crippen molar-refractivity contribution < 1.29 is 13.2 Å². The molecule has 0 aliphatic rings. The average Bonchev–Trinajstić information content (AvgIpc) is 2.37. The van der Waals surface area contributed by atoms with E-state index in [9.17, 15) is 18.0 Å². The molecule has 0 aliphatic heterocycles. The van der Waals surface area contributed by atoms with Gasteiger partial charge in [0.25, 0.3) is 5.56 Å². The standard InChI is InChI=1S/C12H6F3N3OS/c13-12(14,15)9-2-1-8(5-7(9)6-16)20-11-17-4-3-10(19)18-11/h1-5H,(H,17,18,19). The van der Waals surface area contributed by atoms with Crippen LogP contribution in [0.4, 0.5) is 13.2 Å². The topological polar surface area (TPSA) is 69.5 Å². The van der Waals surface area contributed by atoms with E-state index in [-0.39, 0.29) is 10.7 Å². The van der Waals surface area contributed by atoms with Gasteiger partial charge in [-0.1, -0.05) is 11.8 Å². The van der Waals surface area contributed by atoms with E-state index in [2.05, 4.69) is 9.97 Å². The van der Waals surface area contributed by atoms with Crippen LogP contribution in [0.5, 0.6) is 0 Å². The second-order valence-electron chi connectivity index (χ2n) is 3.66. The summed E-state index contributed by atoms with van der Waals surface area (Å²) in [7, 11) is 0. The minimum atomic E-state index is -4.58. The maximum Gasteiger partial charge on any atom is 0.417 e. The van der Waals surface area contributed by atoms with Gasteiger partial charge in [0, 0.05) is 17.2 Å². The molecule has 0 saturated carbocycles. The molecule has 8 heteroatoms. The third-order valence-electron chi connectivity index (χ3n) is 2.28. The third kappa shape index (κ3) is 3.19. The van der Waals surface area contributed by atoms with Gasteiger partial charge in [0.15, 0.2) is 5.16 Å². The Labute approximate surface area is 115 Å². The summed E-state index contributed by atoms with van der Waals surface area (Å²) in [5, 5.41) is 9.02. The van der Waals surface area contributed by atoms with Crippen LogP contribution in [0.3, 0.4) is 0 Å². The molecule has 0 bridgehead atoms. The Morgan fingerprint density at radius 3 is 2.65 bits per heavy atom. The molecule has 0 aliphatic carbocycles. The van der Waals surface area contributed by atoms with Crippen molar-refractivity contribution in [1.82, 2.24) is 9.97 Å². The highest BCUT2D eigenvalue weighted by Crippen LogP contribution is 2.34. The van der Waals surface area contributed by atoms with Crippen LogP contribution >= 0.6 is 11.8 Å². The fourth-order valence-corrected chi connectivity index (χ4v) is 2.24. The Hall–Kier alpha value is -2.27. The number of nitrogens with zero attached hydrogens (tertiary/aromatic N) is 2. The van der Waals surface area contributed by atoms with E-state index in [0.717, 1.165) is 23.9 Å². The first-order chi connectivity index (χ1) is 9.40. The number of H-pyrrole nitrogens is 1. The molecule has 4 nitrogen and oxygen atoms in total. The van der Waals surface area contributed by atoms with Gasteiger partial charge in [-0.25, -0.2) is 4.98 Å². The van der Waals surface area contributed by atoms with Crippen LogP contribution in [0.25, 0.3) is 0 Å². The third-order valence-corrected chi connectivity index (χ3v) is 3.17. The molecular weight excluding hydrogens is 291 g/mol. The first kappa shape index (κ1) is 14.1. The van der Waals surface area contributed by atoms with Gasteiger partial charge in [-0.05, 0) is 18.2 Å². The SMILES string of the molecule is N#Cc1cc(Sc2nccc(=O)[nH]2)ccc1C(F)(F)F. The maximum atomic E-state index is 12.6. The number of nitrogens with one attached hydrogen (secondary N) is 1. The van der Waals surface area contributed by atoms with E-state index in [1.807, 2.05) is 0 Å². The van der Waals surface area contributed by atoms with Crippen LogP contribution < -0.4 is 5.56 Å². The van der Waals surface area contributed by atoms with Gasteiger partial charge < -0.3 is 4.98 Å². The second-order valence-corrected chi connectivity index (χ2v) is 4.72. The Bertz CT molecular complexity index is 734. The molecule has 0 saturated heterocycles. The number of alkyl halides is 3. The van der Waals surface area contributed by atoms with Crippen LogP contribution in [-0.2, 0) is 6.18 Å². The predicted molar refractivity (Wildman–Crippen MR) is 65.1 cm³/mol. The summed E-state index contributed by atoms with van der Waals surface area (Å²) in [5.41, 5.74) is -1.82. The number of hydrogen-bond donors (Lipinski definition) is 1. The van der Waals surface area contributed by atoms with Crippen LogP contribution in [0, 0.1) is 11.3 Å². The molecule has 1 heterocycles. The average molecular weight is 297 g/mol. The number of benzene rings is 1. The summed E-state index contributed by atoms with van der Waals surface area (Å²) in [6.45, 7) is 0. The zero-order valence-corrected chi connectivity index (χ0v) is 10.5. The van der Waals surface area contributed by atoms with Gasteiger partial charge >= 0.3 is 6.18 Å². The molecule has 1 N–H and O–H groups in total. The number of rotatable bonds is 2. The van der Waals surface area contributed by atoms with E-state index in [1.54, 1.807) is 0 Å². The summed E-state index contributed by atoms with van der Waals surface area (Å²) in [5.74, 6) is 0. The number of aromatic amines is 1. The molecule has 0 atom stereocenters. The summed E-state index contributed by atoms with van der Waals surface area (Å²) < 4.78 is 37.9. The number of halogens is 3. The van der Waals surface area contributed by atoms with Crippen molar-refractivity contribution in [2.75, 3.05) is 0 Å². The molecule has 0 spiro atoms. The smallest absolute Gasteiger partial charge is 0.301 e. The number of hydrogen-bond acceptors (Lipinski definition) is 4. The maximum absolute atomic E-state index is 12.6. The molecule has 0 radical (unpaired) electrons. The van der Waals surface area contributed by atoms with Crippen molar-refractivity contribution in [1.29, 1.82) is 5.26 Å². The predicted octanol–water partition coefficient (Wildman–Crippen LogP) is 2.81. The lowest BCUT2D eigenvalue weighted by Crippen LogP contribution is -2.08. The summed E-state index contributed by atoms with van der Waals surface area (Å²) in [6, 6.07) is 5.90. The molecule has 2 rings (SSSR count). The molecule has 0 amide bonds. The van der Waals surface area contributed by atoms with Crippen LogP contribution in [0.2, 0.25) is 0 Å². The van der Waals surface area contributed by atoms with E-state index < -0.39 is 17.3 Å². The van der Waals surface area contributed by atoms with Crippen molar-refractivity contribution in [3.63, 3.8) is 0 Å². The zero-order chi connectivity index (χ0) is 14.8. The normalized spacial score (nSPS) is 11.1. The van der Waals surface area contributed by atoms with Gasteiger partial charge in [0.2, 0.25) is 0 Å². The highest BCUT2D eigenvalue weighted by molar-refractivity contribution is 7.99. The van der Waals surface area contributed by atoms with Crippen molar-refractivity contribution in [2.45, 2.75) is 16.2 Å². The van der Waals surface area contributed by atoms with E-state index in [4.69, 9.17) is 5.26 Å². The largest absolute Gasteiger partial charge is 0.417 e. The zero-order valence-electron chi connectivity index (χ0n) is 9.73. The Morgan fingerprint density at radius 2 is 2.05 bits per heavy atom. The number of nitriles is 1. The highest BCUT2D eigenvalue weighted by Gasteiger charge is 2.33. The Morgan fingerprint density at radius 1 is 1.30 bits per heavy atom. The molecule has 1 aromatic heterocycles. The van der Waals surface area contributed by atoms with Gasteiger partial charge in [0.1, 0.15) is 0 Å². The fourth-order valence-electron chi connectivity index (χ4n) is 1.44. The van der Waals surface area contributed by atoms with Gasteiger partial charge in [-0.15, -0.1) is 0 Å². The van der Waals surface area contributed by atoms with E-state index in [0.29, 0.717) is 4.90 Å². The Balaban J connectivity index is 2.36. The van der Waals surface area contributed by atoms with Crippen molar-refractivity contribution in [3.05, 3.63) is 51.9 Å². The van der Waals surface area contributed by atoms with Crippen molar-refractivity contribution in [2.24, 2.45) is 0 Å². The van der Waals surface area contributed by atoms with Gasteiger partial charge in [-0.3, -0.25) is 4.79 Å². The molecule has 0 fully saturated rings. The molecular formula is C12H6F3N3OS. The second kappa shape index (κ2) is 5.38. The molecule has 102 valence electrons. The minimum absolute atomic E-state index is 0.237. The van der Waals surface area contributed by atoms with Crippen molar-refractivity contribution >= 4 is 11.8 Å². The van der Waals surface area contributed by atoms with Gasteiger partial charge in [0.05, 0.1) is 17.2 Å². The molecule has 20 heavy (non-hydrogen) atoms. The summed E-state index contributed by atoms with van der Waals surface area (Å²) in [6.07, 6.45) is -3.29. The Kier molecular flexibility index (Phi) is 3.81. The summed E-state index contributed by atoms with van der Waals surface area (Å²) in [4.78, 5) is 17.8. The van der Waals surface area contributed by atoms with Crippen LogP contribution in [-0.4, -0.2) is 9.97 Å². The van der Waals surface area contributed by atoms with Gasteiger partial charge in [-0.2, -0.15) is 18.4 Å². The first-order valence-corrected chi connectivity index (χ1v) is 6.06. The quantitative estimate of drug-likeness (QED) is 0.865. The van der Waals surface area contributed by atoms with Crippen LogP contribution in [0.15, 0.2) is 45.3 Å². The van der Waals surface area contributed by atoms with E-state index in [1.165, 1.54) is 24.4 Å². The minimum Gasteiger partial charge on any atom is -0.301 e. The summed E-state index contributed by atoms with van der Waals surface area (Å²) >= 11 is 0.966. The first-order valence-electron chi connectivity index (χ1n) is 5.24. The van der Waals surface area contributed by atoms with Crippen molar-refractivity contribution in [3.8, 4) is 6.07 Å². The lowest BCUT2D eigenvalue weighted by atomic mass is 10.1. The lowest BCUT2D eigenvalue weighted by molar-refractivity contribution is -0.137. The highest BCUT2D eigenvalue weighted by atomic mass is 32.2. The lowest BCUT2D eigenvalue weighted by Gasteiger charge is -2.09. The fraction of sp³-hybridized carbons (Fsp3) is 0.0833.